The van der Waals surface area contributed by atoms with E-state index in [2.05, 4.69) is 0 Å². The maximum absolute atomic E-state index is 13.2. The fourth-order valence-electron chi connectivity index (χ4n) is 4.27. The van der Waals surface area contributed by atoms with Crippen LogP contribution in [-0.2, 0) is 14.3 Å². The zero-order chi connectivity index (χ0) is 21.5. The summed E-state index contributed by atoms with van der Waals surface area (Å²) in [6, 6.07) is 3.45. The number of ether oxygens (including phenoxy) is 4. The van der Waals surface area contributed by atoms with Gasteiger partial charge in [0.05, 0.1) is 34.5 Å². The SMILES string of the molecule is COC1=CC(=O)C2=C(C1=O)[C@H](c1cc(OC)c(OC)cc1OC)[C@@H](C)[C@@H](C)[C@@H]2O. The second kappa shape index (κ2) is 7.91. The highest BCUT2D eigenvalue weighted by atomic mass is 16.5. The minimum absolute atomic E-state index is 0.0350. The highest BCUT2D eigenvalue weighted by molar-refractivity contribution is 6.23. The fourth-order valence-corrected chi connectivity index (χ4v) is 4.27. The van der Waals surface area contributed by atoms with E-state index < -0.39 is 23.6 Å². The van der Waals surface area contributed by atoms with Gasteiger partial charge >= 0.3 is 0 Å². The van der Waals surface area contributed by atoms with Crippen molar-refractivity contribution < 1.29 is 33.6 Å². The number of allylic oxidation sites excluding steroid dienone is 2. The second-order valence-corrected chi connectivity index (χ2v) is 7.32. The number of aliphatic hydroxyl groups is 1. The Hall–Kier alpha value is -2.80. The molecule has 1 aromatic rings. The van der Waals surface area contributed by atoms with Gasteiger partial charge in [0.1, 0.15) is 5.75 Å². The van der Waals surface area contributed by atoms with E-state index >= 15 is 0 Å². The third-order valence-electron chi connectivity index (χ3n) is 6.04. The first kappa shape index (κ1) is 20.9. The van der Waals surface area contributed by atoms with Crippen LogP contribution >= 0.6 is 0 Å². The van der Waals surface area contributed by atoms with Crippen molar-refractivity contribution in [3.8, 4) is 17.2 Å². The van der Waals surface area contributed by atoms with Gasteiger partial charge in [-0.2, -0.15) is 0 Å². The molecule has 0 amide bonds. The molecule has 0 heterocycles. The standard InChI is InChI=1S/C22H26O7/c1-10-11(2)21(24)19-13(23)8-17(29-6)22(25)20(19)18(10)12-7-15(27-4)16(28-5)9-14(12)26-3/h7-11,18,21,24H,1-6H3/t10-,11+,18-,21-/m0/s1. The molecule has 156 valence electrons. The van der Waals surface area contributed by atoms with E-state index in [0.717, 1.165) is 6.08 Å². The summed E-state index contributed by atoms with van der Waals surface area (Å²) in [6.07, 6.45) is 0.115. The first-order chi connectivity index (χ1) is 13.8. The second-order valence-electron chi connectivity index (χ2n) is 7.32. The summed E-state index contributed by atoms with van der Waals surface area (Å²) in [5.74, 6) is -0.288. The van der Waals surface area contributed by atoms with E-state index in [1.165, 1.54) is 28.4 Å². The van der Waals surface area contributed by atoms with Crippen molar-refractivity contribution in [1.82, 2.24) is 0 Å². The molecule has 1 aromatic carbocycles. The van der Waals surface area contributed by atoms with Crippen molar-refractivity contribution in [1.29, 1.82) is 0 Å². The van der Waals surface area contributed by atoms with E-state index in [-0.39, 0.29) is 28.7 Å². The first-order valence-corrected chi connectivity index (χ1v) is 9.37. The number of methoxy groups -OCH3 is 4. The summed E-state index contributed by atoms with van der Waals surface area (Å²) >= 11 is 0. The van der Waals surface area contributed by atoms with E-state index in [0.29, 0.717) is 22.8 Å². The number of hydrogen-bond acceptors (Lipinski definition) is 7. The molecule has 0 spiro atoms. The Balaban J connectivity index is 2.30. The molecule has 3 rings (SSSR count). The minimum atomic E-state index is -1.03. The topological polar surface area (TPSA) is 91.3 Å². The summed E-state index contributed by atoms with van der Waals surface area (Å²) in [5.41, 5.74) is 1.06. The van der Waals surface area contributed by atoms with Crippen molar-refractivity contribution in [3.63, 3.8) is 0 Å². The van der Waals surface area contributed by atoms with Crippen LogP contribution in [0.4, 0.5) is 0 Å². The number of carbonyl (C=O) groups excluding carboxylic acids is 2. The molecule has 0 aliphatic heterocycles. The molecule has 4 atom stereocenters. The summed E-state index contributed by atoms with van der Waals surface area (Å²) in [6.45, 7) is 3.81. The van der Waals surface area contributed by atoms with Crippen LogP contribution < -0.4 is 14.2 Å². The van der Waals surface area contributed by atoms with E-state index in [9.17, 15) is 14.7 Å². The van der Waals surface area contributed by atoms with Crippen molar-refractivity contribution in [2.45, 2.75) is 25.9 Å². The lowest BCUT2D eigenvalue weighted by molar-refractivity contribution is -0.120. The Morgan fingerprint density at radius 2 is 1.38 bits per heavy atom. The Morgan fingerprint density at radius 1 is 0.793 bits per heavy atom. The Labute approximate surface area is 169 Å². The number of aliphatic hydroxyl groups excluding tert-OH is 1. The van der Waals surface area contributed by atoms with Crippen LogP contribution in [0.3, 0.4) is 0 Å². The van der Waals surface area contributed by atoms with Crippen LogP contribution in [0.5, 0.6) is 17.2 Å². The van der Waals surface area contributed by atoms with E-state index in [1.807, 2.05) is 13.8 Å². The lowest BCUT2D eigenvalue weighted by atomic mass is 9.63. The number of benzene rings is 1. The Morgan fingerprint density at radius 3 is 1.93 bits per heavy atom. The normalized spacial score (nSPS) is 26.7. The highest BCUT2D eigenvalue weighted by Crippen LogP contribution is 2.51. The van der Waals surface area contributed by atoms with Crippen LogP contribution in [-0.4, -0.2) is 51.2 Å². The predicted octanol–water partition coefficient (Wildman–Crippen LogP) is 2.42. The van der Waals surface area contributed by atoms with Crippen LogP contribution in [0.1, 0.15) is 25.3 Å². The van der Waals surface area contributed by atoms with Crippen LogP contribution in [0.15, 0.2) is 35.1 Å². The molecule has 2 aliphatic rings. The molecule has 0 bridgehead atoms. The molecule has 0 fully saturated rings. The monoisotopic (exact) mass is 402 g/mol. The van der Waals surface area contributed by atoms with E-state index in [1.54, 1.807) is 12.1 Å². The lowest BCUT2D eigenvalue weighted by Gasteiger charge is -2.41. The molecule has 1 N–H and O–H groups in total. The summed E-state index contributed by atoms with van der Waals surface area (Å²) in [7, 11) is 5.93. The molecule has 2 aliphatic carbocycles. The number of Topliss-reactive ketones (excluding diaryl/α,β-unsaturated/α-hetero) is 1. The highest BCUT2D eigenvalue weighted by Gasteiger charge is 2.48. The molecule has 0 unspecified atom stereocenters. The van der Waals surface area contributed by atoms with Crippen molar-refractivity contribution >= 4 is 11.6 Å². The molecule has 0 saturated heterocycles. The van der Waals surface area contributed by atoms with Crippen LogP contribution in [0, 0.1) is 11.8 Å². The summed E-state index contributed by atoms with van der Waals surface area (Å²) in [5, 5.41) is 10.8. The van der Waals surface area contributed by atoms with Gasteiger partial charge in [-0.05, 0) is 17.9 Å². The average Bonchev–Trinajstić information content (AvgIpc) is 2.73. The maximum Gasteiger partial charge on any atom is 0.224 e. The number of ketones is 2. The number of hydrogen-bond donors (Lipinski definition) is 1. The largest absolute Gasteiger partial charge is 0.496 e. The van der Waals surface area contributed by atoms with Crippen molar-refractivity contribution in [2.75, 3.05) is 28.4 Å². The summed E-state index contributed by atoms with van der Waals surface area (Å²) in [4.78, 5) is 25.9. The van der Waals surface area contributed by atoms with Gasteiger partial charge in [0.15, 0.2) is 23.0 Å². The van der Waals surface area contributed by atoms with Gasteiger partial charge in [0.2, 0.25) is 5.78 Å². The predicted molar refractivity (Wildman–Crippen MR) is 105 cm³/mol. The Kier molecular flexibility index (Phi) is 5.71. The molecule has 7 heteroatoms. The third kappa shape index (κ3) is 3.19. The van der Waals surface area contributed by atoms with Gasteiger partial charge in [-0.1, -0.05) is 13.8 Å². The zero-order valence-electron chi connectivity index (χ0n) is 17.4. The first-order valence-electron chi connectivity index (χ1n) is 9.37. The number of rotatable bonds is 5. The van der Waals surface area contributed by atoms with Crippen molar-refractivity contribution in [3.05, 3.63) is 40.7 Å². The minimum Gasteiger partial charge on any atom is -0.496 e. The fraction of sp³-hybridized carbons (Fsp3) is 0.455. The van der Waals surface area contributed by atoms with E-state index in [4.69, 9.17) is 18.9 Å². The Bertz CT molecular complexity index is 912. The van der Waals surface area contributed by atoms with Gasteiger partial charge in [-0.25, -0.2) is 0 Å². The smallest absolute Gasteiger partial charge is 0.224 e. The quantitative estimate of drug-likeness (QED) is 0.757. The van der Waals surface area contributed by atoms with Gasteiger partial charge in [0, 0.05) is 34.8 Å². The van der Waals surface area contributed by atoms with Gasteiger partial charge in [-0.15, -0.1) is 0 Å². The summed E-state index contributed by atoms with van der Waals surface area (Å²) < 4.78 is 21.5. The lowest BCUT2D eigenvalue weighted by Crippen LogP contribution is -2.42. The molecule has 0 saturated carbocycles. The molecule has 0 aromatic heterocycles. The van der Waals surface area contributed by atoms with Gasteiger partial charge in [0.25, 0.3) is 0 Å². The average molecular weight is 402 g/mol. The molecular weight excluding hydrogens is 376 g/mol. The molecule has 29 heavy (non-hydrogen) atoms. The number of carbonyl (C=O) groups is 2. The van der Waals surface area contributed by atoms with Gasteiger partial charge < -0.3 is 24.1 Å². The molecule has 0 radical (unpaired) electrons. The molecule has 7 nitrogen and oxygen atoms in total. The van der Waals surface area contributed by atoms with Crippen LogP contribution in [0.25, 0.3) is 0 Å². The molecular formula is C22H26O7. The third-order valence-corrected chi connectivity index (χ3v) is 6.04. The van der Waals surface area contributed by atoms with Gasteiger partial charge in [-0.3, -0.25) is 9.59 Å². The maximum atomic E-state index is 13.2. The van der Waals surface area contributed by atoms with Crippen molar-refractivity contribution in [2.24, 2.45) is 11.8 Å². The van der Waals surface area contributed by atoms with Crippen LogP contribution in [0.2, 0.25) is 0 Å². The zero-order valence-corrected chi connectivity index (χ0v) is 17.4.